The van der Waals surface area contributed by atoms with E-state index in [1.54, 1.807) is 0 Å². The maximum atomic E-state index is 5.71. The zero-order valence-electron chi connectivity index (χ0n) is 13.6. The van der Waals surface area contributed by atoms with Gasteiger partial charge in [-0.15, -0.1) is 0 Å². The van der Waals surface area contributed by atoms with Crippen molar-refractivity contribution in [2.24, 2.45) is 0 Å². The van der Waals surface area contributed by atoms with Crippen LogP contribution in [0.25, 0.3) is 0 Å². The Hall–Kier alpha value is -0.870. The molecule has 0 saturated carbocycles. The van der Waals surface area contributed by atoms with Crippen molar-refractivity contribution in [3.63, 3.8) is 0 Å². The highest BCUT2D eigenvalue weighted by molar-refractivity contribution is 5.25. The van der Waals surface area contributed by atoms with Gasteiger partial charge in [0.15, 0.2) is 0 Å². The van der Waals surface area contributed by atoms with Gasteiger partial charge in [0.05, 0.1) is 18.3 Å². The lowest BCUT2D eigenvalue weighted by atomic mass is 10.1. The summed E-state index contributed by atoms with van der Waals surface area (Å²) in [6.45, 7) is 13.7. The third-order valence-corrected chi connectivity index (χ3v) is 3.96. The Bertz CT molecular complexity index is 439. The maximum absolute atomic E-state index is 5.71. The average molecular weight is 279 g/mol. The highest BCUT2D eigenvalue weighted by Crippen LogP contribution is 2.18. The van der Waals surface area contributed by atoms with E-state index in [4.69, 9.17) is 9.84 Å². The van der Waals surface area contributed by atoms with Crippen LogP contribution in [0.2, 0.25) is 0 Å². The second-order valence-electron chi connectivity index (χ2n) is 6.89. The van der Waals surface area contributed by atoms with E-state index in [9.17, 15) is 0 Å². The molecule has 1 aliphatic rings. The predicted octanol–water partition coefficient (Wildman–Crippen LogP) is 2.61. The maximum Gasteiger partial charge on any atom is 0.0771 e. The van der Waals surface area contributed by atoms with Gasteiger partial charge in [-0.3, -0.25) is 4.68 Å². The van der Waals surface area contributed by atoms with Crippen LogP contribution in [0.1, 0.15) is 50.6 Å². The van der Waals surface area contributed by atoms with Crippen molar-refractivity contribution >= 4 is 0 Å². The normalized spacial score (nSPS) is 19.8. The summed E-state index contributed by atoms with van der Waals surface area (Å²) in [5, 5.41) is 8.24. The van der Waals surface area contributed by atoms with Gasteiger partial charge in [0.2, 0.25) is 0 Å². The lowest BCUT2D eigenvalue weighted by Crippen LogP contribution is -2.37. The minimum absolute atomic E-state index is 0.176. The van der Waals surface area contributed by atoms with Gasteiger partial charge in [-0.05, 0) is 66.0 Å². The Morgan fingerprint density at radius 3 is 2.70 bits per heavy atom. The molecule has 0 spiro atoms. The van der Waals surface area contributed by atoms with Gasteiger partial charge in [-0.25, -0.2) is 0 Å². The third kappa shape index (κ3) is 4.06. The second-order valence-corrected chi connectivity index (χ2v) is 6.89. The molecule has 4 heteroatoms. The van der Waals surface area contributed by atoms with Gasteiger partial charge in [-0.1, -0.05) is 0 Å². The summed E-state index contributed by atoms with van der Waals surface area (Å²) in [5.41, 5.74) is 4.03. The second kappa shape index (κ2) is 6.27. The van der Waals surface area contributed by atoms with Crippen LogP contribution in [0.5, 0.6) is 0 Å². The lowest BCUT2D eigenvalue weighted by Gasteiger charge is -2.20. The molecule has 4 nitrogen and oxygen atoms in total. The van der Waals surface area contributed by atoms with E-state index in [2.05, 4.69) is 44.6 Å². The summed E-state index contributed by atoms with van der Waals surface area (Å²) in [7, 11) is 0. The summed E-state index contributed by atoms with van der Waals surface area (Å²) >= 11 is 0. The minimum Gasteiger partial charge on any atom is -0.376 e. The topological polar surface area (TPSA) is 39.1 Å². The smallest absolute Gasteiger partial charge is 0.0771 e. The standard InChI is InChI=1S/C16H29N3O/c1-12-15(8-9-17-16(3,4)5)13(2)19(18-12)11-14-7-6-10-20-14/h14,17H,6-11H2,1-5H3. The van der Waals surface area contributed by atoms with Crippen molar-refractivity contribution in [2.75, 3.05) is 13.2 Å². The molecular weight excluding hydrogens is 250 g/mol. The van der Waals surface area contributed by atoms with Crippen LogP contribution in [-0.2, 0) is 17.7 Å². The molecule has 0 aromatic carbocycles. The summed E-state index contributed by atoms with van der Waals surface area (Å²) in [6.07, 6.45) is 3.75. The molecule has 1 N–H and O–H groups in total. The zero-order valence-corrected chi connectivity index (χ0v) is 13.6. The number of ether oxygens (including phenoxy) is 1. The van der Waals surface area contributed by atoms with Gasteiger partial charge in [0, 0.05) is 17.8 Å². The molecule has 2 heterocycles. The molecule has 0 radical (unpaired) electrons. The molecule has 1 atom stereocenters. The van der Waals surface area contributed by atoms with Crippen molar-refractivity contribution in [1.82, 2.24) is 15.1 Å². The lowest BCUT2D eigenvalue weighted by molar-refractivity contribution is 0.0934. The van der Waals surface area contributed by atoms with Crippen molar-refractivity contribution < 1.29 is 4.74 Å². The van der Waals surface area contributed by atoms with Crippen LogP contribution in [0.15, 0.2) is 0 Å². The van der Waals surface area contributed by atoms with Crippen LogP contribution >= 0.6 is 0 Å². The van der Waals surface area contributed by atoms with Gasteiger partial charge < -0.3 is 10.1 Å². The number of nitrogens with one attached hydrogen (secondary N) is 1. The number of hydrogen-bond acceptors (Lipinski definition) is 3. The molecule has 0 aliphatic carbocycles. The van der Waals surface area contributed by atoms with E-state index in [-0.39, 0.29) is 5.54 Å². The Balaban J connectivity index is 1.97. The van der Waals surface area contributed by atoms with E-state index >= 15 is 0 Å². The number of aryl methyl sites for hydroxylation is 1. The first-order valence-electron chi connectivity index (χ1n) is 7.76. The Morgan fingerprint density at radius 2 is 2.10 bits per heavy atom. The average Bonchev–Trinajstić information content (AvgIpc) is 2.92. The molecule has 20 heavy (non-hydrogen) atoms. The first kappa shape index (κ1) is 15.5. The van der Waals surface area contributed by atoms with E-state index in [1.165, 1.54) is 24.1 Å². The molecule has 2 rings (SSSR count). The number of nitrogens with zero attached hydrogens (tertiary/aromatic N) is 2. The summed E-state index contributed by atoms with van der Waals surface area (Å²) in [6, 6.07) is 0. The first-order valence-corrected chi connectivity index (χ1v) is 7.76. The SMILES string of the molecule is Cc1nn(CC2CCCO2)c(C)c1CCNC(C)(C)C. The van der Waals surface area contributed by atoms with Crippen molar-refractivity contribution in [3.8, 4) is 0 Å². The Kier molecular flexibility index (Phi) is 4.86. The van der Waals surface area contributed by atoms with E-state index in [0.29, 0.717) is 6.10 Å². The molecule has 1 fully saturated rings. The number of hydrogen-bond donors (Lipinski definition) is 1. The number of rotatable bonds is 5. The molecule has 0 bridgehead atoms. The molecule has 1 aromatic rings. The van der Waals surface area contributed by atoms with Gasteiger partial charge >= 0.3 is 0 Å². The van der Waals surface area contributed by atoms with E-state index in [0.717, 1.165) is 31.8 Å². The van der Waals surface area contributed by atoms with Crippen LogP contribution < -0.4 is 5.32 Å². The molecule has 1 aromatic heterocycles. The van der Waals surface area contributed by atoms with Gasteiger partial charge in [0.25, 0.3) is 0 Å². The largest absolute Gasteiger partial charge is 0.376 e. The van der Waals surface area contributed by atoms with Crippen molar-refractivity contribution in [3.05, 3.63) is 17.0 Å². The molecular formula is C16H29N3O. The van der Waals surface area contributed by atoms with E-state index in [1.807, 2.05) is 0 Å². The summed E-state index contributed by atoms with van der Waals surface area (Å²) in [5.74, 6) is 0. The predicted molar refractivity (Wildman–Crippen MR) is 82.1 cm³/mol. The Morgan fingerprint density at radius 1 is 1.35 bits per heavy atom. The fourth-order valence-corrected chi connectivity index (χ4v) is 2.82. The van der Waals surface area contributed by atoms with Crippen LogP contribution in [-0.4, -0.2) is 34.6 Å². The van der Waals surface area contributed by atoms with Crippen LogP contribution in [0, 0.1) is 13.8 Å². The monoisotopic (exact) mass is 279 g/mol. The fraction of sp³-hybridized carbons (Fsp3) is 0.812. The molecule has 1 unspecified atom stereocenters. The quantitative estimate of drug-likeness (QED) is 0.900. The Labute approximate surface area is 122 Å². The molecule has 114 valence electrons. The summed E-state index contributed by atoms with van der Waals surface area (Å²) in [4.78, 5) is 0. The minimum atomic E-state index is 0.176. The first-order chi connectivity index (χ1) is 9.37. The fourth-order valence-electron chi connectivity index (χ4n) is 2.82. The van der Waals surface area contributed by atoms with Crippen LogP contribution in [0.3, 0.4) is 0 Å². The van der Waals surface area contributed by atoms with Gasteiger partial charge in [-0.2, -0.15) is 5.10 Å². The van der Waals surface area contributed by atoms with E-state index < -0.39 is 0 Å². The number of aromatic nitrogens is 2. The zero-order chi connectivity index (χ0) is 14.8. The highest BCUT2D eigenvalue weighted by atomic mass is 16.5. The molecule has 1 aliphatic heterocycles. The highest BCUT2D eigenvalue weighted by Gasteiger charge is 2.19. The molecule has 1 saturated heterocycles. The van der Waals surface area contributed by atoms with Crippen molar-refractivity contribution in [1.29, 1.82) is 0 Å². The van der Waals surface area contributed by atoms with Crippen molar-refractivity contribution in [2.45, 2.75) is 72.1 Å². The van der Waals surface area contributed by atoms with Gasteiger partial charge in [0.1, 0.15) is 0 Å². The third-order valence-electron chi connectivity index (χ3n) is 3.96. The molecule has 0 amide bonds. The van der Waals surface area contributed by atoms with Crippen LogP contribution in [0.4, 0.5) is 0 Å². The summed E-state index contributed by atoms with van der Waals surface area (Å²) < 4.78 is 7.85.